The summed E-state index contributed by atoms with van der Waals surface area (Å²) in [4.78, 5) is 14.2. The van der Waals surface area contributed by atoms with E-state index in [1.54, 1.807) is 18.7 Å². The summed E-state index contributed by atoms with van der Waals surface area (Å²) in [6.07, 6.45) is 1.74. The lowest BCUT2D eigenvalue weighted by atomic mass is 9.97. The van der Waals surface area contributed by atoms with Crippen molar-refractivity contribution in [1.29, 1.82) is 0 Å². The molecule has 0 aliphatic carbocycles. The van der Waals surface area contributed by atoms with Crippen LogP contribution in [0.3, 0.4) is 0 Å². The highest BCUT2D eigenvalue weighted by Gasteiger charge is 2.38. The van der Waals surface area contributed by atoms with Crippen molar-refractivity contribution in [3.05, 3.63) is 24.3 Å². The van der Waals surface area contributed by atoms with Crippen LogP contribution in [0.2, 0.25) is 0 Å². The molecule has 1 aliphatic heterocycles. The molecule has 1 saturated heterocycles. The second kappa shape index (κ2) is 7.21. The molecular weight excluding hydrogens is 292 g/mol. The number of ether oxygens (including phenoxy) is 1. The lowest BCUT2D eigenvalue weighted by molar-refractivity contribution is 0.0117. The van der Waals surface area contributed by atoms with Gasteiger partial charge in [0.05, 0.1) is 18.2 Å². The molecule has 2 amide bonds. The largest absolute Gasteiger partial charge is 0.493 e. The number of hydrogen-bond donors (Lipinski definition) is 2. The summed E-state index contributed by atoms with van der Waals surface area (Å²) in [5.74, 6) is 1.20. The van der Waals surface area contributed by atoms with Gasteiger partial charge in [-0.05, 0) is 44.7 Å². The third-order valence-corrected chi connectivity index (χ3v) is 4.00. The van der Waals surface area contributed by atoms with E-state index < -0.39 is 5.60 Å². The average Bonchev–Trinajstić information content (AvgIpc) is 2.95. The Kier molecular flexibility index (Phi) is 5.52. The number of carbonyl (C=O) groups is 1. The Balaban J connectivity index is 2.01. The summed E-state index contributed by atoms with van der Waals surface area (Å²) in [7, 11) is 0. The number of amides is 2. The fourth-order valence-corrected chi connectivity index (χ4v) is 2.87. The quantitative estimate of drug-likeness (QED) is 0.873. The summed E-state index contributed by atoms with van der Waals surface area (Å²) < 4.78 is 5.69. The van der Waals surface area contributed by atoms with E-state index in [4.69, 9.17) is 4.74 Å². The van der Waals surface area contributed by atoms with Crippen LogP contribution in [0.4, 0.5) is 10.5 Å². The number of likely N-dealkylation sites (tertiary alicyclic amines) is 1. The predicted molar refractivity (Wildman–Crippen MR) is 91.8 cm³/mol. The Hall–Kier alpha value is -1.75. The molecule has 1 aromatic rings. The normalized spacial score (nSPS) is 18.3. The maximum Gasteiger partial charge on any atom is 0.322 e. The molecule has 5 heteroatoms. The number of carbonyl (C=O) groups excluding carboxylic acids is 1. The number of benzene rings is 1. The van der Waals surface area contributed by atoms with Gasteiger partial charge < -0.3 is 20.1 Å². The first kappa shape index (κ1) is 17.6. The molecule has 128 valence electrons. The fraction of sp³-hybridized carbons (Fsp3) is 0.611. The minimum Gasteiger partial charge on any atom is -0.493 e. The van der Waals surface area contributed by atoms with E-state index in [2.05, 4.69) is 19.2 Å². The van der Waals surface area contributed by atoms with Gasteiger partial charge in [0, 0.05) is 18.3 Å². The van der Waals surface area contributed by atoms with E-state index in [9.17, 15) is 9.90 Å². The Bertz CT molecular complexity index is 537. The monoisotopic (exact) mass is 320 g/mol. The highest BCUT2D eigenvalue weighted by Crippen LogP contribution is 2.27. The molecule has 0 saturated carbocycles. The Morgan fingerprint density at radius 3 is 2.87 bits per heavy atom. The number of urea groups is 1. The lowest BCUT2D eigenvalue weighted by Crippen LogP contribution is -2.49. The van der Waals surface area contributed by atoms with Gasteiger partial charge in [0.15, 0.2) is 0 Å². The van der Waals surface area contributed by atoms with Crippen molar-refractivity contribution >= 4 is 11.7 Å². The Morgan fingerprint density at radius 2 is 2.22 bits per heavy atom. The molecule has 0 aromatic heterocycles. The van der Waals surface area contributed by atoms with Gasteiger partial charge in [-0.1, -0.05) is 19.9 Å². The number of aliphatic hydroxyl groups is 1. The molecule has 0 spiro atoms. The van der Waals surface area contributed by atoms with Crippen molar-refractivity contribution < 1.29 is 14.6 Å². The molecule has 0 bridgehead atoms. The molecule has 1 atom stereocenters. The number of nitrogens with zero attached hydrogens (tertiary/aromatic N) is 1. The van der Waals surface area contributed by atoms with Crippen LogP contribution in [0.15, 0.2) is 24.3 Å². The van der Waals surface area contributed by atoms with Gasteiger partial charge in [0.2, 0.25) is 0 Å². The van der Waals surface area contributed by atoms with E-state index in [0.29, 0.717) is 24.8 Å². The topological polar surface area (TPSA) is 61.8 Å². The molecule has 0 radical (unpaired) electrons. The van der Waals surface area contributed by atoms with Crippen LogP contribution in [-0.2, 0) is 0 Å². The summed E-state index contributed by atoms with van der Waals surface area (Å²) in [6.45, 7) is 9.01. The van der Waals surface area contributed by atoms with Gasteiger partial charge >= 0.3 is 6.03 Å². The Morgan fingerprint density at radius 1 is 1.48 bits per heavy atom. The minimum atomic E-state index is -0.893. The summed E-state index contributed by atoms with van der Waals surface area (Å²) in [6, 6.07) is 7.10. The third kappa shape index (κ3) is 4.86. The molecule has 1 aromatic carbocycles. The first-order chi connectivity index (χ1) is 10.8. The van der Waals surface area contributed by atoms with Crippen LogP contribution >= 0.6 is 0 Å². The molecule has 23 heavy (non-hydrogen) atoms. The van der Waals surface area contributed by atoms with Crippen LogP contribution < -0.4 is 10.1 Å². The first-order valence-corrected chi connectivity index (χ1v) is 8.30. The van der Waals surface area contributed by atoms with Crippen molar-refractivity contribution in [3.8, 4) is 5.75 Å². The van der Waals surface area contributed by atoms with Gasteiger partial charge in [0.25, 0.3) is 0 Å². The van der Waals surface area contributed by atoms with Crippen LogP contribution in [-0.4, -0.2) is 40.8 Å². The van der Waals surface area contributed by atoms with Gasteiger partial charge in [-0.2, -0.15) is 0 Å². The van der Waals surface area contributed by atoms with Crippen LogP contribution in [0.5, 0.6) is 5.75 Å². The summed E-state index contributed by atoms with van der Waals surface area (Å²) >= 11 is 0. The SMILES string of the molecule is CC(C)COc1cccc(NC(=O)N2CCCC2C(C)(C)O)c1. The first-order valence-electron chi connectivity index (χ1n) is 8.30. The zero-order chi connectivity index (χ0) is 17.0. The third-order valence-electron chi connectivity index (χ3n) is 4.00. The van der Waals surface area contributed by atoms with Crippen molar-refractivity contribution in [1.82, 2.24) is 4.90 Å². The van der Waals surface area contributed by atoms with E-state index in [-0.39, 0.29) is 12.1 Å². The van der Waals surface area contributed by atoms with Crippen LogP contribution in [0.25, 0.3) is 0 Å². The number of nitrogens with one attached hydrogen (secondary N) is 1. The van der Waals surface area contributed by atoms with Crippen molar-refractivity contribution in [2.75, 3.05) is 18.5 Å². The smallest absolute Gasteiger partial charge is 0.322 e. The summed E-state index contributed by atoms with van der Waals surface area (Å²) in [5.41, 5.74) is -0.187. The number of rotatable bonds is 5. The molecule has 1 unspecified atom stereocenters. The lowest BCUT2D eigenvalue weighted by Gasteiger charge is -2.33. The van der Waals surface area contributed by atoms with E-state index in [1.165, 1.54) is 0 Å². The second-order valence-electron chi connectivity index (χ2n) is 7.17. The van der Waals surface area contributed by atoms with Gasteiger partial charge in [-0.25, -0.2) is 4.79 Å². The van der Waals surface area contributed by atoms with E-state index in [1.807, 2.05) is 24.3 Å². The zero-order valence-electron chi connectivity index (χ0n) is 14.5. The standard InChI is InChI=1S/C18H28N2O3/c1-13(2)12-23-15-8-5-7-14(11-15)19-17(21)20-10-6-9-16(20)18(3,4)22/h5,7-8,11,13,16,22H,6,9-10,12H2,1-4H3,(H,19,21). The maximum absolute atomic E-state index is 12.5. The maximum atomic E-state index is 12.5. The fourth-order valence-electron chi connectivity index (χ4n) is 2.87. The molecule has 2 rings (SSSR count). The highest BCUT2D eigenvalue weighted by atomic mass is 16.5. The highest BCUT2D eigenvalue weighted by molar-refractivity contribution is 5.90. The van der Waals surface area contributed by atoms with Crippen molar-refractivity contribution in [2.45, 2.75) is 52.2 Å². The second-order valence-corrected chi connectivity index (χ2v) is 7.17. The predicted octanol–water partition coefficient (Wildman–Crippen LogP) is 3.49. The van der Waals surface area contributed by atoms with Crippen LogP contribution in [0.1, 0.15) is 40.5 Å². The number of anilines is 1. The minimum absolute atomic E-state index is 0.150. The number of hydrogen-bond acceptors (Lipinski definition) is 3. The molecule has 2 N–H and O–H groups in total. The molecular formula is C18H28N2O3. The Labute approximate surface area is 138 Å². The molecule has 1 aliphatic rings. The average molecular weight is 320 g/mol. The van der Waals surface area contributed by atoms with Gasteiger partial charge in [0.1, 0.15) is 5.75 Å². The molecule has 5 nitrogen and oxygen atoms in total. The van der Waals surface area contributed by atoms with Crippen molar-refractivity contribution in [2.24, 2.45) is 5.92 Å². The molecule has 1 fully saturated rings. The van der Waals surface area contributed by atoms with E-state index in [0.717, 1.165) is 18.6 Å². The van der Waals surface area contributed by atoms with Gasteiger partial charge in [-0.3, -0.25) is 0 Å². The zero-order valence-corrected chi connectivity index (χ0v) is 14.5. The van der Waals surface area contributed by atoms with Gasteiger partial charge in [-0.15, -0.1) is 0 Å². The van der Waals surface area contributed by atoms with Crippen LogP contribution in [0, 0.1) is 5.92 Å². The molecule has 1 heterocycles. The van der Waals surface area contributed by atoms with Crippen molar-refractivity contribution in [3.63, 3.8) is 0 Å². The summed E-state index contributed by atoms with van der Waals surface area (Å²) in [5, 5.41) is 13.1. The van der Waals surface area contributed by atoms with E-state index >= 15 is 0 Å².